The number of hydrogen-bond donors (Lipinski definition) is 1. The van der Waals surface area contributed by atoms with Crippen molar-refractivity contribution < 1.29 is 5.11 Å². The van der Waals surface area contributed by atoms with Crippen LogP contribution in [0.2, 0.25) is 0 Å². The van der Waals surface area contributed by atoms with E-state index < -0.39 is 0 Å². The fraction of sp³-hybridized carbons (Fsp3) is 0.625. The van der Waals surface area contributed by atoms with Crippen LogP contribution in [0.1, 0.15) is 36.5 Å². The van der Waals surface area contributed by atoms with Crippen LogP contribution in [0.3, 0.4) is 0 Å². The first-order chi connectivity index (χ1) is 9.08. The molecule has 1 N–H and O–H groups in total. The Morgan fingerprint density at radius 1 is 1.11 bits per heavy atom. The van der Waals surface area contributed by atoms with Gasteiger partial charge in [0.25, 0.3) is 0 Å². The number of benzene rings is 1. The van der Waals surface area contributed by atoms with Crippen molar-refractivity contribution >= 4 is 31.9 Å². The van der Waals surface area contributed by atoms with Gasteiger partial charge in [-0.1, -0.05) is 31.9 Å². The molecule has 0 amide bonds. The first kappa shape index (κ1) is 12.8. The van der Waals surface area contributed by atoms with Crippen LogP contribution in [0.4, 0.5) is 0 Å². The number of aliphatic hydroxyl groups excluding tert-OH is 1. The maximum absolute atomic E-state index is 10.8. The van der Waals surface area contributed by atoms with E-state index >= 15 is 0 Å². The van der Waals surface area contributed by atoms with Gasteiger partial charge in [0.15, 0.2) is 0 Å². The molecule has 0 spiro atoms. The minimum absolute atomic E-state index is 0.287. The zero-order chi connectivity index (χ0) is 13.3. The Morgan fingerprint density at radius 2 is 1.74 bits per heavy atom. The largest absolute Gasteiger partial charge is 0.388 e. The SMILES string of the molecule is Cc1cc(Br)c(C(O)C2C3C4CCC(C4)C32)cc1Br. The molecule has 0 heterocycles. The van der Waals surface area contributed by atoms with E-state index in [2.05, 4.69) is 50.9 Å². The highest BCUT2D eigenvalue weighted by molar-refractivity contribution is 9.11. The second-order valence-electron chi connectivity index (χ2n) is 6.63. The molecule has 3 heteroatoms. The minimum atomic E-state index is -0.287. The molecule has 1 nitrogen and oxygen atoms in total. The van der Waals surface area contributed by atoms with Crippen molar-refractivity contribution in [3.63, 3.8) is 0 Å². The van der Waals surface area contributed by atoms with Gasteiger partial charge in [-0.3, -0.25) is 0 Å². The summed E-state index contributed by atoms with van der Waals surface area (Å²) in [5.74, 6) is 4.00. The molecule has 3 fully saturated rings. The monoisotopic (exact) mass is 384 g/mol. The number of fused-ring (bicyclic) bond motifs is 5. The van der Waals surface area contributed by atoms with Gasteiger partial charge in [-0.15, -0.1) is 0 Å². The van der Waals surface area contributed by atoms with E-state index in [0.717, 1.165) is 38.2 Å². The molecule has 5 unspecified atom stereocenters. The van der Waals surface area contributed by atoms with Crippen LogP contribution in [-0.2, 0) is 0 Å². The molecule has 5 atom stereocenters. The summed E-state index contributed by atoms with van der Waals surface area (Å²) in [5.41, 5.74) is 2.27. The van der Waals surface area contributed by atoms with Crippen molar-refractivity contribution in [2.45, 2.75) is 32.3 Å². The molecule has 1 aromatic rings. The molecule has 102 valence electrons. The van der Waals surface area contributed by atoms with Gasteiger partial charge >= 0.3 is 0 Å². The Kier molecular flexibility index (Phi) is 2.92. The third-order valence-corrected chi connectivity index (χ3v) is 7.30. The molecule has 1 aromatic carbocycles. The first-order valence-corrected chi connectivity index (χ1v) is 8.80. The number of rotatable bonds is 2. The van der Waals surface area contributed by atoms with Crippen molar-refractivity contribution in [2.24, 2.45) is 29.6 Å². The fourth-order valence-electron chi connectivity index (χ4n) is 4.91. The van der Waals surface area contributed by atoms with E-state index in [1.807, 2.05) is 0 Å². The van der Waals surface area contributed by atoms with Gasteiger partial charge in [-0.25, -0.2) is 0 Å². The lowest BCUT2D eigenvalue weighted by molar-refractivity contribution is 0.129. The maximum atomic E-state index is 10.8. The fourth-order valence-corrected chi connectivity index (χ4v) is 5.96. The normalized spacial score (nSPS) is 40.3. The second kappa shape index (κ2) is 4.32. The maximum Gasteiger partial charge on any atom is 0.0835 e. The van der Waals surface area contributed by atoms with Crippen molar-refractivity contribution in [3.05, 3.63) is 32.2 Å². The Bertz CT molecular complexity index is 526. The topological polar surface area (TPSA) is 20.2 Å². The summed E-state index contributed by atoms with van der Waals surface area (Å²) < 4.78 is 2.15. The summed E-state index contributed by atoms with van der Waals surface area (Å²) >= 11 is 7.21. The van der Waals surface area contributed by atoms with Crippen LogP contribution in [-0.4, -0.2) is 5.11 Å². The summed E-state index contributed by atoms with van der Waals surface area (Å²) in [7, 11) is 0. The highest BCUT2D eigenvalue weighted by atomic mass is 79.9. The molecule has 0 saturated heterocycles. The van der Waals surface area contributed by atoms with E-state index in [0.29, 0.717) is 5.92 Å². The van der Waals surface area contributed by atoms with Crippen LogP contribution in [0.15, 0.2) is 21.1 Å². The zero-order valence-electron chi connectivity index (χ0n) is 10.9. The third kappa shape index (κ3) is 1.81. The van der Waals surface area contributed by atoms with Crippen molar-refractivity contribution in [1.82, 2.24) is 0 Å². The van der Waals surface area contributed by atoms with E-state index in [1.54, 1.807) is 0 Å². The lowest BCUT2D eigenvalue weighted by Gasteiger charge is -2.18. The standard InChI is InChI=1S/C16H18Br2O/c1-7-4-12(18)10(6-11(7)17)16(19)15-13-8-2-3-9(5-8)14(13)15/h4,6,8-9,13-16,19H,2-3,5H2,1H3. The molecule has 4 rings (SSSR count). The average molecular weight is 386 g/mol. The number of halogens is 2. The molecule has 0 radical (unpaired) electrons. The van der Waals surface area contributed by atoms with E-state index in [4.69, 9.17) is 0 Å². The van der Waals surface area contributed by atoms with E-state index in [1.165, 1.54) is 24.8 Å². The molecule has 0 aromatic heterocycles. The predicted octanol–water partition coefficient (Wildman–Crippen LogP) is 4.85. The lowest BCUT2D eigenvalue weighted by atomic mass is 9.94. The third-order valence-electron chi connectivity index (χ3n) is 5.76. The number of aryl methyl sites for hydroxylation is 1. The molecule has 0 aliphatic heterocycles. The van der Waals surface area contributed by atoms with Gasteiger partial charge in [0.05, 0.1) is 6.10 Å². The van der Waals surface area contributed by atoms with Gasteiger partial charge in [-0.2, -0.15) is 0 Å². The highest BCUT2D eigenvalue weighted by Crippen LogP contribution is 2.72. The highest BCUT2D eigenvalue weighted by Gasteiger charge is 2.66. The van der Waals surface area contributed by atoms with Crippen LogP contribution in [0, 0.1) is 36.5 Å². The predicted molar refractivity (Wildman–Crippen MR) is 82.8 cm³/mol. The van der Waals surface area contributed by atoms with Gasteiger partial charge < -0.3 is 5.11 Å². The quantitative estimate of drug-likeness (QED) is 0.771. The first-order valence-electron chi connectivity index (χ1n) is 7.21. The molecule has 3 aliphatic carbocycles. The second-order valence-corrected chi connectivity index (χ2v) is 8.34. The van der Waals surface area contributed by atoms with Crippen molar-refractivity contribution in [1.29, 1.82) is 0 Å². The van der Waals surface area contributed by atoms with Crippen LogP contribution in [0.5, 0.6) is 0 Å². The van der Waals surface area contributed by atoms with E-state index in [-0.39, 0.29) is 6.10 Å². The molecule has 3 saturated carbocycles. The average Bonchev–Trinajstić information content (AvgIpc) is 2.81. The number of hydrogen-bond acceptors (Lipinski definition) is 1. The van der Waals surface area contributed by atoms with Gasteiger partial charge in [0.1, 0.15) is 0 Å². The zero-order valence-corrected chi connectivity index (χ0v) is 14.1. The Hall–Kier alpha value is 0.140. The molecule has 3 aliphatic rings. The van der Waals surface area contributed by atoms with Crippen LogP contribution in [0.25, 0.3) is 0 Å². The van der Waals surface area contributed by atoms with Crippen molar-refractivity contribution in [3.8, 4) is 0 Å². The van der Waals surface area contributed by atoms with Crippen LogP contribution < -0.4 is 0 Å². The molecule has 19 heavy (non-hydrogen) atoms. The molecular formula is C16H18Br2O. The van der Waals surface area contributed by atoms with Gasteiger partial charge in [0, 0.05) is 8.95 Å². The Morgan fingerprint density at radius 3 is 2.37 bits per heavy atom. The number of aliphatic hydroxyl groups is 1. The summed E-state index contributed by atoms with van der Waals surface area (Å²) in [6.45, 7) is 2.08. The van der Waals surface area contributed by atoms with E-state index in [9.17, 15) is 5.11 Å². The minimum Gasteiger partial charge on any atom is -0.388 e. The summed E-state index contributed by atoms with van der Waals surface area (Å²) in [5, 5.41) is 10.8. The Labute approximate surface area is 131 Å². The van der Waals surface area contributed by atoms with Crippen LogP contribution >= 0.6 is 31.9 Å². The summed E-state index contributed by atoms with van der Waals surface area (Å²) in [6, 6.07) is 4.20. The molecular weight excluding hydrogens is 368 g/mol. The van der Waals surface area contributed by atoms with Gasteiger partial charge in [0.2, 0.25) is 0 Å². The smallest absolute Gasteiger partial charge is 0.0835 e. The molecule has 2 bridgehead atoms. The Balaban J connectivity index is 1.62. The summed E-state index contributed by atoms with van der Waals surface area (Å²) in [4.78, 5) is 0. The lowest BCUT2D eigenvalue weighted by Crippen LogP contribution is -2.09. The van der Waals surface area contributed by atoms with Gasteiger partial charge in [-0.05, 0) is 79.0 Å². The summed E-state index contributed by atoms with van der Waals surface area (Å²) in [6.07, 6.45) is 3.98. The van der Waals surface area contributed by atoms with Crippen molar-refractivity contribution in [2.75, 3.05) is 0 Å².